The Labute approximate surface area is 185 Å². The molecule has 16 heavy (non-hydrogen) atoms. The Bertz CT molecular complexity index is 50.4. The molecule has 0 atom stereocenters. The molecule has 0 radical (unpaired) electrons. The molecule has 0 aliphatic heterocycles. The molecule has 5 nitrogen and oxygen atoms in total. The Morgan fingerprint density at radius 1 is 0.500 bits per heavy atom. The summed E-state index contributed by atoms with van der Waals surface area (Å²) in [6.45, 7) is 10.3. The van der Waals surface area contributed by atoms with Crippen LogP contribution in [0.3, 0.4) is 0 Å². The molecule has 0 saturated heterocycles. The van der Waals surface area contributed by atoms with Crippen LogP contribution >= 0.6 is 0 Å². The quantitative estimate of drug-likeness (QED) is 0.385. The van der Waals surface area contributed by atoms with Gasteiger partial charge in [0.15, 0.2) is 0 Å². The van der Waals surface area contributed by atoms with Crippen LogP contribution in [0.15, 0.2) is 0 Å². The minimum absolute atomic E-state index is 0. The molecule has 5 N–H and O–H groups in total. The van der Waals surface area contributed by atoms with Crippen LogP contribution in [0.1, 0.15) is 41.5 Å². The number of aliphatic hydroxyl groups is 3. The Morgan fingerprint density at radius 3 is 0.500 bits per heavy atom. The zero-order chi connectivity index (χ0) is 10.7. The summed E-state index contributed by atoms with van der Waals surface area (Å²) in [5.41, 5.74) is 0. The van der Waals surface area contributed by atoms with Gasteiger partial charge in [0.2, 0.25) is 0 Å². The molecule has 0 aromatic carbocycles. The van der Waals surface area contributed by atoms with E-state index in [0.717, 1.165) is 0 Å². The van der Waals surface area contributed by atoms with Gasteiger partial charge in [-0.3, -0.25) is 0 Å². The Hall–Kier alpha value is 3.07. The van der Waals surface area contributed by atoms with Crippen molar-refractivity contribution in [1.29, 1.82) is 0 Å². The van der Waals surface area contributed by atoms with Crippen molar-refractivity contribution in [2.24, 2.45) is 0 Å². The first kappa shape index (κ1) is 42.7. The Balaban J connectivity index is -0.0000000135. The number of aliphatic hydroxyl groups excluding tert-OH is 3. The van der Waals surface area contributed by atoms with Crippen molar-refractivity contribution in [3.8, 4) is 0 Å². The molecule has 0 aromatic rings. The zero-order valence-electron chi connectivity index (χ0n) is 12.0. The minimum Gasteiger partial charge on any atom is -0.870 e. The fourth-order valence-corrected chi connectivity index (χ4v) is 0. The summed E-state index contributed by atoms with van der Waals surface area (Å²) in [7, 11) is 0. The molecule has 0 spiro atoms. The van der Waals surface area contributed by atoms with Gasteiger partial charge in [-0.1, -0.05) is 0 Å². The van der Waals surface area contributed by atoms with Gasteiger partial charge in [0.1, 0.15) is 0 Å². The number of hydrogen-bond acceptors (Lipinski definition) is 5. The SMILES string of the molecule is CC(C)O.CC(C)O.CC(C)O.[K+].[K+].[OH-].[OH-]. The van der Waals surface area contributed by atoms with Crippen molar-refractivity contribution in [2.45, 2.75) is 59.9 Å². The van der Waals surface area contributed by atoms with Gasteiger partial charge in [-0.25, -0.2) is 0 Å². The van der Waals surface area contributed by atoms with Crippen molar-refractivity contribution >= 4 is 0 Å². The molecule has 0 aliphatic carbocycles. The maximum absolute atomic E-state index is 8.06. The molecule has 0 unspecified atom stereocenters. The van der Waals surface area contributed by atoms with Crippen LogP contribution in [0.25, 0.3) is 0 Å². The number of hydrogen-bond donors (Lipinski definition) is 3. The third kappa shape index (κ3) is 467. The Kier molecular flexibility index (Phi) is 96.5. The largest absolute Gasteiger partial charge is 1.00 e. The van der Waals surface area contributed by atoms with E-state index in [1.165, 1.54) is 0 Å². The van der Waals surface area contributed by atoms with Crippen LogP contribution in [0, 0.1) is 0 Å². The third-order valence-electron chi connectivity index (χ3n) is 0. The van der Waals surface area contributed by atoms with E-state index >= 15 is 0 Å². The monoisotopic (exact) mass is 292 g/mol. The van der Waals surface area contributed by atoms with E-state index in [4.69, 9.17) is 15.3 Å². The first-order chi connectivity index (χ1) is 5.20. The van der Waals surface area contributed by atoms with Crippen LogP contribution in [-0.2, 0) is 0 Å². The minimum atomic E-state index is -0.167. The van der Waals surface area contributed by atoms with Gasteiger partial charge in [0.05, 0.1) is 0 Å². The molecule has 7 heteroatoms. The zero-order valence-corrected chi connectivity index (χ0v) is 18.2. The van der Waals surface area contributed by atoms with E-state index in [0.29, 0.717) is 0 Å². The van der Waals surface area contributed by atoms with Gasteiger partial charge in [-0.2, -0.15) is 0 Å². The molecule has 0 fully saturated rings. The predicted molar refractivity (Wildman–Crippen MR) is 55.9 cm³/mol. The van der Waals surface area contributed by atoms with Gasteiger partial charge in [0.25, 0.3) is 0 Å². The smallest absolute Gasteiger partial charge is 0.870 e. The molecular weight excluding hydrogens is 266 g/mol. The Morgan fingerprint density at radius 2 is 0.500 bits per heavy atom. The average Bonchev–Trinajstić information content (AvgIpc) is 1.54. The first-order valence-electron chi connectivity index (χ1n) is 4.24. The molecule has 0 bridgehead atoms. The van der Waals surface area contributed by atoms with Gasteiger partial charge in [0, 0.05) is 18.3 Å². The maximum Gasteiger partial charge on any atom is 1.00 e. The van der Waals surface area contributed by atoms with Crippen molar-refractivity contribution < 1.29 is 129 Å². The summed E-state index contributed by atoms with van der Waals surface area (Å²) < 4.78 is 0. The molecule has 0 rings (SSSR count). The summed E-state index contributed by atoms with van der Waals surface area (Å²) >= 11 is 0. The third-order valence-corrected chi connectivity index (χ3v) is 0. The second kappa shape index (κ2) is 36.1. The molecular formula is C9H26K2O5. The van der Waals surface area contributed by atoms with Crippen molar-refractivity contribution in [3.05, 3.63) is 0 Å². The summed E-state index contributed by atoms with van der Waals surface area (Å²) in [6, 6.07) is 0. The van der Waals surface area contributed by atoms with Gasteiger partial charge in [-0.15, -0.1) is 0 Å². The predicted octanol–water partition coefficient (Wildman–Crippen LogP) is -5.18. The molecule has 0 amide bonds. The first-order valence-corrected chi connectivity index (χ1v) is 4.24. The second-order valence-electron chi connectivity index (χ2n) is 3.28. The topological polar surface area (TPSA) is 121 Å². The molecule has 0 heterocycles. The maximum atomic E-state index is 8.06. The number of rotatable bonds is 0. The average molecular weight is 292 g/mol. The summed E-state index contributed by atoms with van der Waals surface area (Å²) in [6.07, 6.45) is -0.500. The molecule has 0 saturated carbocycles. The van der Waals surface area contributed by atoms with Crippen LogP contribution in [0.5, 0.6) is 0 Å². The van der Waals surface area contributed by atoms with Crippen LogP contribution < -0.4 is 103 Å². The van der Waals surface area contributed by atoms with Crippen molar-refractivity contribution in [2.75, 3.05) is 0 Å². The van der Waals surface area contributed by atoms with E-state index in [2.05, 4.69) is 0 Å². The van der Waals surface area contributed by atoms with E-state index in [1.54, 1.807) is 41.5 Å². The van der Waals surface area contributed by atoms with Crippen molar-refractivity contribution in [3.63, 3.8) is 0 Å². The normalized spacial score (nSPS) is 6.75. The van der Waals surface area contributed by atoms with Crippen molar-refractivity contribution in [1.82, 2.24) is 0 Å². The van der Waals surface area contributed by atoms with E-state index < -0.39 is 0 Å². The standard InChI is InChI=1S/3C3H8O.2K.2H2O/c3*1-3(2)4;;;;/h3*3-4H,1-2H3;;;2*1H2/q;;;2*+1;;/p-2. The van der Waals surface area contributed by atoms with Crippen LogP contribution in [0.2, 0.25) is 0 Å². The van der Waals surface area contributed by atoms with E-state index in [1.807, 2.05) is 0 Å². The molecule has 0 aliphatic rings. The second-order valence-corrected chi connectivity index (χ2v) is 3.28. The fraction of sp³-hybridized carbons (Fsp3) is 1.00. The molecule has 94 valence electrons. The summed E-state index contributed by atoms with van der Waals surface area (Å²) in [5, 5.41) is 24.2. The fourth-order valence-electron chi connectivity index (χ4n) is 0. The summed E-state index contributed by atoms with van der Waals surface area (Å²) in [4.78, 5) is 0. The molecule has 0 aromatic heterocycles. The van der Waals surface area contributed by atoms with Gasteiger partial charge < -0.3 is 26.3 Å². The van der Waals surface area contributed by atoms with Crippen LogP contribution in [0.4, 0.5) is 0 Å². The summed E-state index contributed by atoms with van der Waals surface area (Å²) in [5.74, 6) is 0. The van der Waals surface area contributed by atoms with E-state index in [9.17, 15) is 0 Å². The van der Waals surface area contributed by atoms with Crippen LogP contribution in [-0.4, -0.2) is 44.6 Å². The van der Waals surface area contributed by atoms with Gasteiger partial charge in [-0.05, 0) is 41.5 Å². The van der Waals surface area contributed by atoms with E-state index in [-0.39, 0.29) is 132 Å². The van der Waals surface area contributed by atoms with Gasteiger partial charge >= 0.3 is 103 Å².